The van der Waals surface area contributed by atoms with Crippen molar-refractivity contribution in [1.82, 2.24) is 5.32 Å². The zero-order valence-electron chi connectivity index (χ0n) is 12.3. The maximum atomic E-state index is 12.3. The predicted octanol–water partition coefficient (Wildman–Crippen LogP) is 3.29. The van der Waals surface area contributed by atoms with Crippen molar-refractivity contribution in [3.63, 3.8) is 0 Å². The number of rotatable bonds is 6. The average molecular weight is 336 g/mol. The first-order valence-corrected chi connectivity index (χ1v) is 8.75. The number of halogens is 1. The standard InChI is InChI=1S/C17H18ClNO2S/c1-13(17(20)19-11-14-6-3-2-4-7-14)22(21)12-15-8-5-9-16(18)10-15/h2-10,13H,11-12H2,1H3,(H,19,20)/t13-,22-/m0/s1. The summed E-state index contributed by atoms with van der Waals surface area (Å²) in [7, 11) is -1.28. The number of carbonyl (C=O) groups excluding carboxylic acids is 1. The minimum Gasteiger partial charge on any atom is -0.351 e. The van der Waals surface area contributed by atoms with E-state index in [9.17, 15) is 9.00 Å². The topological polar surface area (TPSA) is 46.2 Å². The van der Waals surface area contributed by atoms with Crippen molar-refractivity contribution in [3.05, 3.63) is 70.7 Å². The largest absolute Gasteiger partial charge is 0.351 e. The van der Waals surface area contributed by atoms with Gasteiger partial charge in [0.15, 0.2) is 0 Å². The van der Waals surface area contributed by atoms with E-state index in [0.717, 1.165) is 11.1 Å². The van der Waals surface area contributed by atoms with Crippen LogP contribution in [0.3, 0.4) is 0 Å². The van der Waals surface area contributed by atoms with Crippen LogP contribution in [0.5, 0.6) is 0 Å². The third kappa shape index (κ3) is 4.97. The number of nitrogens with one attached hydrogen (secondary N) is 1. The van der Waals surface area contributed by atoms with Crippen LogP contribution in [0.2, 0.25) is 5.02 Å². The van der Waals surface area contributed by atoms with E-state index in [1.807, 2.05) is 42.5 Å². The first-order chi connectivity index (χ1) is 10.6. The SMILES string of the molecule is C[C@@H](C(=O)NCc1ccccc1)[S@@](=O)Cc1cccc(Cl)c1. The Labute approximate surface area is 138 Å². The highest BCUT2D eigenvalue weighted by Gasteiger charge is 2.19. The second-order valence-corrected chi connectivity index (χ2v) is 7.19. The lowest BCUT2D eigenvalue weighted by atomic mass is 10.2. The normalized spacial score (nSPS) is 13.4. The summed E-state index contributed by atoms with van der Waals surface area (Å²) in [5.74, 6) is 0.115. The van der Waals surface area contributed by atoms with Gasteiger partial charge in [-0.3, -0.25) is 9.00 Å². The van der Waals surface area contributed by atoms with Crippen LogP contribution in [-0.4, -0.2) is 15.4 Å². The monoisotopic (exact) mass is 335 g/mol. The van der Waals surface area contributed by atoms with Gasteiger partial charge in [0.1, 0.15) is 5.25 Å². The summed E-state index contributed by atoms with van der Waals surface area (Å²) in [4.78, 5) is 12.1. The lowest BCUT2D eigenvalue weighted by Gasteiger charge is -2.12. The summed E-state index contributed by atoms with van der Waals surface area (Å²) < 4.78 is 12.3. The van der Waals surface area contributed by atoms with Crippen LogP contribution in [0.25, 0.3) is 0 Å². The van der Waals surface area contributed by atoms with E-state index in [1.54, 1.807) is 19.1 Å². The molecule has 2 rings (SSSR count). The molecule has 22 heavy (non-hydrogen) atoms. The second-order valence-electron chi connectivity index (χ2n) is 5.00. The third-order valence-corrected chi connectivity index (χ3v) is 5.13. The third-order valence-electron chi connectivity index (χ3n) is 3.27. The van der Waals surface area contributed by atoms with E-state index in [-0.39, 0.29) is 5.91 Å². The quantitative estimate of drug-likeness (QED) is 0.880. The Kier molecular flexibility index (Phi) is 6.16. The first kappa shape index (κ1) is 16.7. The maximum absolute atomic E-state index is 12.3. The molecule has 0 spiro atoms. The van der Waals surface area contributed by atoms with Gasteiger partial charge in [-0.2, -0.15) is 0 Å². The van der Waals surface area contributed by atoms with Crippen LogP contribution in [-0.2, 0) is 27.9 Å². The van der Waals surface area contributed by atoms with Gasteiger partial charge < -0.3 is 5.32 Å². The van der Waals surface area contributed by atoms with Crippen molar-refractivity contribution in [2.24, 2.45) is 0 Å². The number of hydrogen-bond donors (Lipinski definition) is 1. The highest BCUT2D eigenvalue weighted by atomic mass is 35.5. The molecule has 2 aromatic carbocycles. The minimum atomic E-state index is -1.28. The molecule has 1 N–H and O–H groups in total. The maximum Gasteiger partial charge on any atom is 0.235 e. The Morgan fingerprint density at radius 1 is 1.14 bits per heavy atom. The van der Waals surface area contributed by atoms with Gasteiger partial charge >= 0.3 is 0 Å². The fourth-order valence-corrected chi connectivity index (χ4v) is 3.26. The molecular weight excluding hydrogens is 318 g/mol. The van der Waals surface area contributed by atoms with Gasteiger partial charge in [0.05, 0.1) is 0 Å². The molecule has 3 nitrogen and oxygen atoms in total. The van der Waals surface area contributed by atoms with E-state index in [4.69, 9.17) is 11.6 Å². The fraction of sp³-hybridized carbons (Fsp3) is 0.235. The Bertz CT molecular complexity index is 661. The van der Waals surface area contributed by atoms with Crippen LogP contribution < -0.4 is 5.32 Å². The molecule has 0 aliphatic carbocycles. The molecule has 0 aliphatic heterocycles. The second kappa shape index (κ2) is 8.11. The van der Waals surface area contributed by atoms with Gasteiger partial charge in [-0.1, -0.05) is 54.1 Å². The molecule has 2 aromatic rings. The Balaban J connectivity index is 1.88. The number of benzene rings is 2. The summed E-state index contributed by atoms with van der Waals surface area (Å²) >= 11 is 5.91. The van der Waals surface area contributed by atoms with Gasteiger partial charge in [0, 0.05) is 28.1 Å². The molecule has 0 aromatic heterocycles. The highest BCUT2D eigenvalue weighted by Crippen LogP contribution is 2.14. The Morgan fingerprint density at radius 3 is 2.50 bits per heavy atom. The summed E-state index contributed by atoms with van der Waals surface area (Å²) in [6.07, 6.45) is 0. The molecule has 0 fully saturated rings. The van der Waals surface area contributed by atoms with Crippen molar-refractivity contribution in [2.75, 3.05) is 0 Å². The van der Waals surface area contributed by atoms with Gasteiger partial charge in [-0.25, -0.2) is 0 Å². The van der Waals surface area contributed by atoms with Crippen LogP contribution in [0.1, 0.15) is 18.1 Å². The zero-order chi connectivity index (χ0) is 15.9. The molecule has 0 bridgehead atoms. The Hall–Kier alpha value is -1.65. The van der Waals surface area contributed by atoms with Crippen molar-refractivity contribution in [1.29, 1.82) is 0 Å². The van der Waals surface area contributed by atoms with Crippen molar-refractivity contribution < 1.29 is 9.00 Å². The van der Waals surface area contributed by atoms with Gasteiger partial charge in [-0.15, -0.1) is 0 Å². The molecule has 0 saturated heterocycles. The molecular formula is C17H18ClNO2S. The van der Waals surface area contributed by atoms with Crippen molar-refractivity contribution in [3.8, 4) is 0 Å². The molecule has 0 saturated carbocycles. The predicted molar refractivity (Wildman–Crippen MR) is 91.0 cm³/mol. The van der Waals surface area contributed by atoms with Crippen LogP contribution in [0.15, 0.2) is 54.6 Å². The van der Waals surface area contributed by atoms with Gasteiger partial charge in [0.2, 0.25) is 5.91 Å². The summed E-state index contributed by atoms with van der Waals surface area (Å²) in [5, 5.41) is 2.86. The fourth-order valence-electron chi connectivity index (χ4n) is 1.96. The molecule has 0 unspecified atom stereocenters. The van der Waals surface area contributed by atoms with E-state index in [1.165, 1.54) is 0 Å². The van der Waals surface area contributed by atoms with Crippen LogP contribution in [0, 0.1) is 0 Å². The van der Waals surface area contributed by atoms with Crippen LogP contribution >= 0.6 is 11.6 Å². The van der Waals surface area contributed by atoms with E-state index in [2.05, 4.69) is 5.32 Å². The Morgan fingerprint density at radius 2 is 1.82 bits per heavy atom. The van der Waals surface area contributed by atoms with Crippen molar-refractivity contribution in [2.45, 2.75) is 24.5 Å². The lowest BCUT2D eigenvalue weighted by molar-refractivity contribution is -0.120. The van der Waals surface area contributed by atoms with E-state index >= 15 is 0 Å². The molecule has 1 amide bonds. The van der Waals surface area contributed by atoms with Gasteiger partial charge in [-0.05, 0) is 30.2 Å². The van der Waals surface area contributed by atoms with Crippen molar-refractivity contribution >= 4 is 28.3 Å². The first-order valence-electron chi connectivity index (χ1n) is 6.99. The molecule has 0 heterocycles. The van der Waals surface area contributed by atoms with Gasteiger partial charge in [0.25, 0.3) is 0 Å². The number of carbonyl (C=O) groups is 1. The van der Waals surface area contributed by atoms with E-state index < -0.39 is 16.0 Å². The zero-order valence-corrected chi connectivity index (χ0v) is 13.9. The average Bonchev–Trinajstić information content (AvgIpc) is 2.53. The number of amides is 1. The summed E-state index contributed by atoms with van der Waals surface area (Å²) in [6.45, 7) is 2.12. The molecule has 0 aliphatic rings. The minimum absolute atomic E-state index is 0.204. The molecule has 116 valence electrons. The summed E-state index contributed by atoms with van der Waals surface area (Å²) in [5.41, 5.74) is 1.89. The molecule has 0 radical (unpaired) electrons. The lowest BCUT2D eigenvalue weighted by Crippen LogP contribution is -2.35. The smallest absolute Gasteiger partial charge is 0.235 e. The molecule has 5 heteroatoms. The summed E-state index contributed by atoms with van der Waals surface area (Å²) in [6, 6.07) is 16.9. The van der Waals surface area contributed by atoms with Crippen LogP contribution in [0.4, 0.5) is 0 Å². The van der Waals surface area contributed by atoms with E-state index in [0.29, 0.717) is 17.3 Å². The molecule has 2 atom stereocenters. The number of hydrogen-bond acceptors (Lipinski definition) is 2. The highest BCUT2D eigenvalue weighted by molar-refractivity contribution is 7.85.